The number of aromatic nitrogens is 1. The smallest absolute Gasteiger partial charge is 0.270 e. The molecule has 32 heavy (non-hydrogen) atoms. The number of fused-ring (bicyclic) bond motifs is 1. The summed E-state index contributed by atoms with van der Waals surface area (Å²) >= 11 is 1.62. The number of methoxy groups -OCH3 is 1. The predicted molar refractivity (Wildman–Crippen MR) is 127 cm³/mol. The van der Waals surface area contributed by atoms with E-state index in [-0.39, 0.29) is 23.4 Å². The fourth-order valence-electron chi connectivity index (χ4n) is 4.07. The zero-order chi connectivity index (χ0) is 22.9. The number of carbonyl (C=O) groups excluding carboxylic acids is 1. The summed E-state index contributed by atoms with van der Waals surface area (Å²) in [6.45, 7) is 5.38. The summed E-state index contributed by atoms with van der Waals surface area (Å²) in [7, 11) is -2.11. The highest BCUT2D eigenvalue weighted by atomic mass is 32.2. The van der Waals surface area contributed by atoms with Gasteiger partial charge in [-0.2, -0.15) is 4.31 Å². The first-order valence-electron chi connectivity index (χ1n) is 10.5. The third-order valence-corrected chi connectivity index (χ3v) is 8.74. The lowest BCUT2D eigenvalue weighted by molar-refractivity contribution is 0.0632. The van der Waals surface area contributed by atoms with Gasteiger partial charge in [-0.15, -0.1) is 11.3 Å². The van der Waals surface area contributed by atoms with Crippen LogP contribution in [0.1, 0.15) is 24.3 Å². The number of sulfonamides is 1. The summed E-state index contributed by atoms with van der Waals surface area (Å²) in [5.74, 6) is 0.541. The van der Waals surface area contributed by atoms with Crippen LogP contribution in [0, 0.1) is 0 Å². The van der Waals surface area contributed by atoms with Crippen LogP contribution in [0.4, 0.5) is 0 Å². The molecule has 1 fully saturated rings. The average molecular weight is 474 g/mol. The van der Waals surface area contributed by atoms with Crippen LogP contribution in [0.3, 0.4) is 0 Å². The molecule has 170 valence electrons. The first-order valence-corrected chi connectivity index (χ1v) is 12.8. The molecular formula is C23H27N3O4S2. The Hall–Kier alpha value is -2.62. The number of carbonyl (C=O) groups is 1. The standard InChI is InChI=1S/C23H27N3O4S2/c1-4-5-11-25-21(15-18-10-14-31-23(18)25)22(27)24-12-13-26(17(2)16-24)32(28,29)20-8-6-19(30-3)7-9-20/h4-10,14-15,17H,11-13,16H2,1-3H3/b5-4-. The third kappa shape index (κ3) is 4.07. The molecule has 3 heterocycles. The summed E-state index contributed by atoms with van der Waals surface area (Å²) < 4.78 is 35.0. The van der Waals surface area contributed by atoms with Crippen molar-refractivity contribution in [3.8, 4) is 5.75 Å². The Morgan fingerprint density at radius 1 is 1.22 bits per heavy atom. The molecule has 0 saturated carbocycles. The van der Waals surface area contributed by atoms with Crippen LogP contribution in [0.2, 0.25) is 0 Å². The van der Waals surface area contributed by atoms with Crippen molar-refractivity contribution in [2.75, 3.05) is 26.7 Å². The molecule has 1 unspecified atom stereocenters. The molecule has 1 aliphatic heterocycles. The van der Waals surface area contributed by atoms with E-state index in [0.29, 0.717) is 31.1 Å². The monoisotopic (exact) mass is 473 g/mol. The van der Waals surface area contributed by atoms with Crippen molar-refractivity contribution in [3.05, 3.63) is 59.6 Å². The van der Waals surface area contributed by atoms with Crippen LogP contribution in [0.25, 0.3) is 10.2 Å². The lowest BCUT2D eigenvalue weighted by atomic mass is 10.2. The SMILES string of the molecule is C/C=C\Cn1c(C(=O)N2CCN(S(=O)(=O)c3ccc(OC)cc3)C(C)C2)cc2ccsc21. The first kappa shape index (κ1) is 22.6. The Morgan fingerprint density at radius 3 is 2.62 bits per heavy atom. The van der Waals surface area contributed by atoms with Gasteiger partial charge in [0, 0.05) is 37.6 Å². The Balaban J connectivity index is 1.54. The number of thiophene rings is 1. The summed E-state index contributed by atoms with van der Waals surface area (Å²) in [6.07, 6.45) is 4.00. The molecule has 1 amide bonds. The topological polar surface area (TPSA) is 71.9 Å². The molecule has 0 bridgehead atoms. The van der Waals surface area contributed by atoms with Crippen molar-refractivity contribution in [3.63, 3.8) is 0 Å². The quantitative estimate of drug-likeness (QED) is 0.510. The number of ether oxygens (including phenoxy) is 1. The Morgan fingerprint density at radius 2 is 1.97 bits per heavy atom. The van der Waals surface area contributed by atoms with E-state index in [0.717, 1.165) is 10.2 Å². The van der Waals surface area contributed by atoms with E-state index in [1.165, 1.54) is 4.31 Å². The maximum Gasteiger partial charge on any atom is 0.270 e. The Labute approximate surface area is 192 Å². The molecule has 4 rings (SSSR count). The van der Waals surface area contributed by atoms with Crippen LogP contribution in [-0.2, 0) is 16.6 Å². The minimum atomic E-state index is -3.65. The molecule has 1 aromatic carbocycles. The Kier molecular flexibility index (Phi) is 6.41. The molecular weight excluding hydrogens is 446 g/mol. The zero-order valence-electron chi connectivity index (χ0n) is 18.4. The lowest BCUT2D eigenvalue weighted by Crippen LogP contribution is -2.55. The summed E-state index contributed by atoms with van der Waals surface area (Å²) in [4.78, 5) is 16.5. The molecule has 1 aliphatic rings. The number of hydrogen-bond acceptors (Lipinski definition) is 5. The van der Waals surface area contributed by atoms with Crippen molar-refractivity contribution in [2.45, 2.75) is 31.3 Å². The number of piperazine rings is 1. The van der Waals surface area contributed by atoms with Gasteiger partial charge in [-0.25, -0.2) is 8.42 Å². The number of nitrogens with zero attached hydrogens (tertiary/aromatic N) is 3. The molecule has 7 nitrogen and oxygen atoms in total. The average Bonchev–Trinajstić information content (AvgIpc) is 3.38. The lowest BCUT2D eigenvalue weighted by Gasteiger charge is -2.39. The summed E-state index contributed by atoms with van der Waals surface area (Å²) in [5, 5.41) is 3.08. The second-order valence-electron chi connectivity index (χ2n) is 7.78. The fraction of sp³-hybridized carbons (Fsp3) is 0.348. The number of hydrogen-bond donors (Lipinski definition) is 0. The molecule has 0 radical (unpaired) electrons. The van der Waals surface area contributed by atoms with Crippen LogP contribution in [0.5, 0.6) is 5.75 Å². The highest BCUT2D eigenvalue weighted by molar-refractivity contribution is 7.89. The third-order valence-electron chi connectivity index (χ3n) is 5.76. The van der Waals surface area contributed by atoms with Crippen molar-refractivity contribution < 1.29 is 17.9 Å². The van der Waals surface area contributed by atoms with Gasteiger partial charge >= 0.3 is 0 Å². The molecule has 1 saturated heterocycles. The maximum atomic E-state index is 13.4. The summed E-state index contributed by atoms with van der Waals surface area (Å²) in [6, 6.07) is 10.0. The molecule has 0 aliphatic carbocycles. The van der Waals surface area contributed by atoms with Crippen LogP contribution in [-0.4, -0.2) is 60.9 Å². The van der Waals surface area contributed by atoms with E-state index in [9.17, 15) is 13.2 Å². The first-order chi connectivity index (χ1) is 15.4. The van der Waals surface area contributed by atoms with Gasteiger partial charge in [-0.1, -0.05) is 12.2 Å². The van der Waals surface area contributed by atoms with Gasteiger partial charge in [0.2, 0.25) is 10.0 Å². The predicted octanol–water partition coefficient (Wildman–Crippen LogP) is 3.82. The van der Waals surface area contributed by atoms with E-state index in [4.69, 9.17) is 4.74 Å². The molecule has 0 spiro atoms. The molecule has 3 aromatic rings. The van der Waals surface area contributed by atoms with Gasteiger partial charge in [-0.05, 0) is 55.6 Å². The number of allylic oxidation sites excluding steroid dienone is 2. The van der Waals surface area contributed by atoms with Crippen LogP contribution >= 0.6 is 11.3 Å². The molecule has 9 heteroatoms. The zero-order valence-corrected chi connectivity index (χ0v) is 20.0. The van der Waals surface area contributed by atoms with Gasteiger partial charge in [0.15, 0.2) is 0 Å². The van der Waals surface area contributed by atoms with Gasteiger partial charge in [0.1, 0.15) is 16.3 Å². The number of benzene rings is 1. The van der Waals surface area contributed by atoms with Crippen molar-refractivity contribution >= 4 is 37.5 Å². The van der Waals surface area contributed by atoms with Gasteiger partial charge < -0.3 is 14.2 Å². The van der Waals surface area contributed by atoms with Crippen LogP contribution in [0.15, 0.2) is 58.8 Å². The largest absolute Gasteiger partial charge is 0.497 e. The number of rotatable bonds is 6. The highest BCUT2D eigenvalue weighted by Crippen LogP contribution is 2.28. The van der Waals surface area contributed by atoms with Crippen molar-refractivity contribution in [2.24, 2.45) is 0 Å². The van der Waals surface area contributed by atoms with Gasteiger partial charge in [-0.3, -0.25) is 4.79 Å². The number of amides is 1. The van der Waals surface area contributed by atoms with Crippen LogP contribution < -0.4 is 4.74 Å². The molecule has 0 N–H and O–H groups in total. The fourth-order valence-corrected chi connectivity index (χ4v) is 6.59. The highest BCUT2D eigenvalue weighted by Gasteiger charge is 2.36. The van der Waals surface area contributed by atoms with E-state index >= 15 is 0 Å². The second kappa shape index (κ2) is 9.09. The van der Waals surface area contributed by atoms with E-state index in [2.05, 4.69) is 0 Å². The van der Waals surface area contributed by atoms with Gasteiger partial charge in [0.25, 0.3) is 5.91 Å². The Bertz CT molecular complexity index is 1240. The van der Waals surface area contributed by atoms with Crippen molar-refractivity contribution in [1.82, 2.24) is 13.8 Å². The van der Waals surface area contributed by atoms with E-state index < -0.39 is 10.0 Å². The van der Waals surface area contributed by atoms with E-state index in [1.54, 1.807) is 47.6 Å². The second-order valence-corrected chi connectivity index (χ2v) is 10.6. The molecule has 2 aromatic heterocycles. The summed E-state index contributed by atoms with van der Waals surface area (Å²) in [5.41, 5.74) is 0.642. The normalized spacial score (nSPS) is 18.0. The minimum absolute atomic E-state index is 0.0637. The van der Waals surface area contributed by atoms with E-state index in [1.807, 2.05) is 48.1 Å². The molecule has 1 atom stereocenters. The van der Waals surface area contributed by atoms with Crippen molar-refractivity contribution in [1.29, 1.82) is 0 Å². The minimum Gasteiger partial charge on any atom is -0.497 e. The maximum absolute atomic E-state index is 13.4. The van der Waals surface area contributed by atoms with Gasteiger partial charge in [0.05, 0.1) is 12.0 Å².